The standard InChI is InChI=1S/C13H24N2O4/c1-3-4-13(12(17)18)5-7-15(8-6-13)11(16)10(14)9-19-2/h10H,3-9,14H2,1-2H3,(H,17,18). The summed E-state index contributed by atoms with van der Waals surface area (Å²) in [5.74, 6) is -0.903. The summed E-state index contributed by atoms with van der Waals surface area (Å²) in [5.41, 5.74) is 5.04. The van der Waals surface area contributed by atoms with E-state index in [1.165, 1.54) is 7.11 Å². The summed E-state index contributed by atoms with van der Waals surface area (Å²) in [5, 5.41) is 9.39. The number of likely N-dealkylation sites (tertiary alicyclic amines) is 1. The molecule has 0 saturated carbocycles. The molecule has 0 aliphatic carbocycles. The van der Waals surface area contributed by atoms with E-state index in [1.54, 1.807) is 4.90 Å². The van der Waals surface area contributed by atoms with Crippen molar-refractivity contribution in [3.8, 4) is 0 Å². The Hall–Kier alpha value is -1.14. The molecule has 0 radical (unpaired) electrons. The number of piperidine rings is 1. The topological polar surface area (TPSA) is 92.9 Å². The zero-order valence-electron chi connectivity index (χ0n) is 11.7. The van der Waals surface area contributed by atoms with E-state index >= 15 is 0 Å². The number of rotatable bonds is 6. The lowest BCUT2D eigenvalue weighted by atomic mass is 9.75. The van der Waals surface area contributed by atoms with Crippen LogP contribution in [0.25, 0.3) is 0 Å². The van der Waals surface area contributed by atoms with E-state index in [0.29, 0.717) is 32.4 Å². The Bertz CT molecular complexity index is 325. The summed E-state index contributed by atoms with van der Waals surface area (Å²) in [6.07, 6.45) is 2.50. The normalized spacial score (nSPS) is 20.1. The number of carboxylic acids is 1. The minimum absolute atomic E-state index is 0.155. The quantitative estimate of drug-likeness (QED) is 0.732. The van der Waals surface area contributed by atoms with Crippen LogP contribution in [-0.2, 0) is 14.3 Å². The van der Waals surface area contributed by atoms with E-state index < -0.39 is 17.4 Å². The molecule has 1 atom stereocenters. The second-order valence-corrected chi connectivity index (χ2v) is 5.22. The summed E-state index contributed by atoms with van der Waals surface area (Å²) in [7, 11) is 1.50. The van der Waals surface area contributed by atoms with Crippen LogP contribution in [0.5, 0.6) is 0 Å². The molecule has 0 aromatic heterocycles. The van der Waals surface area contributed by atoms with E-state index in [2.05, 4.69) is 0 Å². The Morgan fingerprint density at radius 2 is 2.00 bits per heavy atom. The molecule has 0 bridgehead atoms. The monoisotopic (exact) mass is 272 g/mol. The number of methoxy groups -OCH3 is 1. The highest BCUT2D eigenvalue weighted by Crippen LogP contribution is 2.36. The molecule has 0 spiro atoms. The maximum atomic E-state index is 12.0. The number of carbonyl (C=O) groups excluding carboxylic acids is 1. The third kappa shape index (κ3) is 3.67. The molecular weight excluding hydrogens is 248 g/mol. The smallest absolute Gasteiger partial charge is 0.309 e. The summed E-state index contributed by atoms with van der Waals surface area (Å²) < 4.78 is 4.87. The van der Waals surface area contributed by atoms with Gasteiger partial charge in [-0.05, 0) is 19.3 Å². The lowest BCUT2D eigenvalue weighted by molar-refractivity contribution is -0.155. The van der Waals surface area contributed by atoms with E-state index in [1.807, 2.05) is 6.92 Å². The van der Waals surface area contributed by atoms with Gasteiger partial charge in [-0.25, -0.2) is 0 Å². The fourth-order valence-electron chi connectivity index (χ4n) is 2.69. The van der Waals surface area contributed by atoms with Gasteiger partial charge in [0, 0.05) is 20.2 Å². The molecule has 3 N–H and O–H groups in total. The highest BCUT2D eigenvalue weighted by Gasteiger charge is 2.41. The average molecular weight is 272 g/mol. The minimum Gasteiger partial charge on any atom is -0.481 e. The molecule has 1 fully saturated rings. The fourth-order valence-corrected chi connectivity index (χ4v) is 2.69. The van der Waals surface area contributed by atoms with Crippen molar-refractivity contribution in [3.05, 3.63) is 0 Å². The van der Waals surface area contributed by atoms with Crippen LogP contribution in [0.4, 0.5) is 0 Å². The molecule has 1 rings (SSSR count). The van der Waals surface area contributed by atoms with Crippen molar-refractivity contribution in [2.75, 3.05) is 26.8 Å². The van der Waals surface area contributed by atoms with Gasteiger partial charge in [0.25, 0.3) is 0 Å². The van der Waals surface area contributed by atoms with Crippen molar-refractivity contribution in [3.63, 3.8) is 0 Å². The van der Waals surface area contributed by atoms with Gasteiger partial charge in [-0.2, -0.15) is 0 Å². The van der Waals surface area contributed by atoms with Crippen molar-refractivity contribution in [1.82, 2.24) is 4.90 Å². The lowest BCUT2D eigenvalue weighted by Crippen LogP contribution is -2.52. The van der Waals surface area contributed by atoms with Gasteiger partial charge in [-0.3, -0.25) is 9.59 Å². The minimum atomic E-state index is -0.748. The van der Waals surface area contributed by atoms with Crippen LogP contribution in [0.2, 0.25) is 0 Å². The van der Waals surface area contributed by atoms with Crippen molar-refractivity contribution in [2.45, 2.75) is 38.6 Å². The number of hydrogen-bond acceptors (Lipinski definition) is 4. The molecule has 1 amide bonds. The Balaban J connectivity index is 2.60. The van der Waals surface area contributed by atoms with Gasteiger partial charge in [0.05, 0.1) is 12.0 Å². The first-order valence-corrected chi connectivity index (χ1v) is 6.73. The predicted octanol–water partition coefficient (Wildman–Crippen LogP) is 0.454. The molecule has 19 heavy (non-hydrogen) atoms. The maximum Gasteiger partial charge on any atom is 0.309 e. The van der Waals surface area contributed by atoms with Crippen LogP contribution in [0, 0.1) is 5.41 Å². The van der Waals surface area contributed by atoms with Gasteiger partial charge >= 0.3 is 5.97 Å². The third-order valence-electron chi connectivity index (χ3n) is 3.88. The number of hydrogen-bond donors (Lipinski definition) is 2. The molecule has 110 valence electrons. The molecule has 1 aliphatic heterocycles. The Morgan fingerprint density at radius 3 is 2.42 bits per heavy atom. The first-order valence-electron chi connectivity index (χ1n) is 6.73. The highest BCUT2D eigenvalue weighted by atomic mass is 16.5. The van der Waals surface area contributed by atoms with Crippen LogP contribution in [0.3, 0.4) is 0 Å². The molecule has 1 saturated heterocycles. The first kappa shape index (κ1) is 15.9. The molecular formula is C13H24N2O4. The maximum absolute atomic E-state index is 12.0. The zero-order valence-corrected chi connectivity index (χ0v) is 11.7. The third-order valence-corrected chi connectivity index (χ3v) is 3.88. The number of ether oxygens (including phenoxy) is 1. The number of carbonyl (C=O) groups is 2. The summed E-state index contributed by atoms with van der Waals surface area (Å²) in [4.78, 5) is 25.1. The molecule has 1 aliphatic rings. The molecule has 1 unspecified atom stereocenters. The van der Waals surface area contributed by atoms with Gasteiger partial charge in [-0.1, -0.05) is 13.3 Å². The number of aliphatic carboxylic acids is 1. The van der Waals surface area contributed by atoms with Crippen LogP contribution in [0.1, 0.15) is 32.6 Å². The second kappa shape index (κ2) is 6.86. The predicted molar refractivity (Wildman–Crippen MR) is 70.6 cm³/mol. The summed E-state index contributed by atoms with van der Waals surface area (Å²) >= 11 is 0. The Labute approximate surface area is 113 Å². The van der Waals surface area contributed by atoms with Crippen molar-refractivity contribution < 1.29 is 19.4 Å². The van der Waals surface area contributed by atoms with E-state index in [0.717, 1.165) is 6.42 Å². The number of nitrogens with zero attached hydrogens (tertiary/aromatic N) is 1. The lowest BCUT2D eigenvalue weighted by Gasteiger charge is -2.39. The SMILES string of the molecule is CCCC1(C(=O)O)CCN(C(=O)C(N)COC)CC1. The summed E-state index contributed by atoms with van der Waals surface area (Å²) in [6.45, 7) is 3.09. The average Bonchev–Trinajstić information content (AvgIpc) is 2.39. The Kier molecular flexibility index (Phi) is 5.75. The zero-order chi connectivity index (χ0) is 14.5. The van der Waals surface area contributed by atoms with E-state index in [4.69, 9.17) is 10.5 Å². The fraction of sp³-hybridized carbons (Fsp3) is 0.846. The molecule has 6 nitrogen and oxygen atoms in total. The number of nitrogens with two attached hydrogens (primary N) is 1. The van der Waals surface area contributed by atoms with Crippen molar-refractivity contribution in [1.29, 1.82) is 0 Å². The van der Waals surface area contributed by atoms with Crippen molar-refractivity contribution in [2.24, 2.45) is 11.1 Å². The largest absolute Gasteiger partial charge is 0.481 e. The van der Waals surface area contributed by atoms with Crippen LogP contribution >= 0.6 is 0 Å². The first-order chi connectivity index (χ1) is 8.96. The van der Waals surface area contributed by atoms with Crippen LogP contribution in [0.15, 0.2) is 0 Å². The van der Waals surface area contributed by atoms with Crippen LogP contribution < -0.4 is 5.73 Å². The second-order valence-electron chi connectivity index (χ2n) is 5.22. The van der Waals surface area contributed by atoms with Crippen molar-refractivity contribution >= 4 is 11.9 Å². The number of amides is 1. The molecule has 0 aromatic rings. The van der Waals surface area contributed by atoms with Gasteiger partial charge in [0.15, 0.2) is 0 Å². The van der Waals surface area contributed by atoms with E-state index in [-0.39, 0.29) is 12.5 Å². The van der Waals surface area contributed by atoms with Crippen LogP contribution in [-0.4, -0.2) is 54.7 Å². The van der Waals surface area contributed by atoms with Gasteiger partial charge in [0.1, 0.15) is 6.04 Å². The van der Waals surface area contributed by atoms with E-state index in [9.17, 15) is 14.7 Å². The molecule has 6 heteroatoms. The van der Waals surface area contributed by atoms with Gasteiger partial charge in [-0.15, -0.1) is 0 Å². The van der Waals surface area contributed by atoms with Gasteiger partial charge in [0.2, 0.25) is 5.91 Å². The highest BCUT2D eigenvalue weighted by molar-refractivity contribution is 5.82. The molecule has 0 aromatic carbocycles. The van der Waals surface area contributed by atoms with Gasteiger partial charge < -0.3 is 20.5 Å². The molecule has 1 heterocycles. The number of carboxylic acid groups (broad SMARTS) is 1. The summed E-state index contributed by atoms with van der Waals surface area (Å²) in [6, 6.07) is -0.659. The Morgan fingerprint density at radius 1 is 1.42 bits per heavy atom.